The smallest absolute Gasteiger partial charge is 0.291 e. The first-order valence-corrected chi connectivity index (χ1v) is 9.53. The molecular weight excluding hydrogens is 400 g/mol. The molecule has 0 fully saturated rings. The summed E-state index contributed by atoms with van der Waals surface area (Å²) in [5, 5.41) is 8.58. The lowest BCUT2D eigenvalue weighted by atomic mass is 10.1. The summed E-state index contributed by atoms with van der Waals surface area (Å²) in [6.45, 7) is 1.74. The van der Waals surface area contributed by atoms with Crippen molar-refractivity contribution in [3.05, 3.63) is 52.4 Å². The minimum atomic E-state index is -0.421. The molecule has 0 spiro atoms. The molecule has 2 aromatic carbocycles. The molecule has 0 saturated heterocycles. The van der Waals surface area contributed by atoms with Gasteiger partial charge in [-0.05, 0) is 19.1 Å². The maximum atomic E-state index is 12.9. The van der Waals surface area contributed by atoms with E-state index in [0.29, 0.717) is 28.5 Å². The number of hydrogen-bond acceptors (Lipinski definition) is 6. The Morgan fingerprint density at radius 2 is 1.77 bits per heavy atom. The quantitative estimate of drug-likeness (QED) is 0.495. The van der Waals surface area contributed by atoms with E-state index in [0.717, 1.165) is 26.5 Å². The Morgan fingerprint density at radius 3 is 2.42 bits per heavy atom. The number of H-pyrrole nitrogens is 1. The van der Waals surface area contributed by atoms with Crippen LogP contribution in [0.2, 0.25) is 0 Å². The van der Waals surface area contributed by atoms with E-state index in [4.69, 9.17) is 14.2 Å². The molecule has 0 aliphatic heterocycles. The molecule has 9 heteroatoms. The number of fused-ring (bicyclic) bond motifs is 3. The first kappa shape index (κ1) is 20.3. The second kappa shape index (κ2) is 8.02. The van der Waals surface area contributed by atoms with Gasteiger partial charge in [-0.2, -0.15) is 5.10 Å². The van der Waals surface area contributed by atoms with Crippen LogP contribution < -0.4 is 25.1 Å². The normalized spacial score (nSPS) is 11.0. The van der Waals surface area contributed by atoms with Gasteiger partial charge < -0.3 is 24.5 Å². The van der Waals surface area contributed by atoms with Gasteiger partial charge in [0.25, 0.3) is 5.56 Å². The van der Waals surface area contributed by atoms with E-state index in [-0.39, 0.29) is 12.1 Å². The number of aromatic nitrogens is 3. The van der Waals surface area contributed by atoms with E-state index < -0.39 is 5.91 Å². The minimum Gasteiger partial charge on any atom is -0.493 e. The number of aryl methyl sites for hydroxylation is 1. The summed E-state index contributed by atoms with van der Waals surface area (Å²) < 4.78 is 17.0. The summed E-state index contributed by atoms with van der Waals surface area (Å²) in [6, 6.07) is 9.11. The fourth-order valence-electron chi connectivity index (χ4n) is 3.54. The molecule has 0 bridgehead atoms. The molecule has 31 heavy (non-hydrogen) atoms. The van der Waals surface area contributed by atoms with E-state index >= 15 is 0 Å². The Balaban J connectivity index is 1.62. The van der Waals surface area contributed by atoms with Crippen LogP contribution in [0.25, 0.3) is 21.8 Å². The number of ether oxygens (including phenoxy) is 3. The van der Waals surface area contributed by atoms with Crippen molar-refractivity contribution in [3.8, 4) is 17.2 Å². The summed E-state index contributed by atoms with van der Waals surface area (Å²) in [5.74, 6) is 0.806. The van der Waals surface area contributed by atoms with Crippen molar-refractivity contribution in [1.82, 2.24) is 14.8 Å². The molecule has 0 atom stereocenters. The number of nitrogens with zero attached hydrogens (tertiary/aromatic N) is 2. The number of aromatic amines is 1. The van der Waals surface area contributed by atoms with Crippen LogP contribution in [-0.4, -0.2) is 42.0 Å². The molecule has 2 N–H and O–H groups in total. The lowest BCUT2D eigenvalue weighted by Crippen LogP contribution is -2.29. The van der Waals surface area contributed by atoms with Gasteiger partial charge in [-0.1, -0.05) is 11.6 Å². The molecule has 1 amide bonds. The summed E-state index contributed by atoms with van der Waals surface area (Å²) >= 11 is 0. The van der Waals surface area contributed by atoms with Crippen LogP contribution in [0.3, 0.4) is 0 Å². The van der Waals surface area contributed by atoms with Crippen LogP contribution in [0.15, 0.2) is 41.3 Å². The fourth-order valence-corrected chi connectivity index (χ4v) is 3.54. The average Bonchev–Trinajstić information content (AvgIpc) is 3.13. The third-order valence-electron chi connectivity index (χ3n) is 5.01. The van der Waals surface area contributed by atoms with Crippen molar-refractivity contribution in [3.63, 3.8) is 0 Å². The van der Waals surface area contributed by atoms with Crippen LogP contribution >= 0.6 is 0 Å². The van der Waals surface area contributed by atoms with Gasteiger partial charge in [0, 0.05) is 34.1 Å². The lowest BCUT2D eigenvalue weighted by molar-refractivity contribution is -0.117. The molecule has 0 aliphatic rings. The van der Waals surface area contributed by atoms with E-state index in [2.05, 4.69) is 15.4 Å². The van der Waals surface area contributed by atoms with E-state index in [1.165, 1.54) is 21.3 Å². The first-order chi connectivity index (χ1) is 14.9. The van der Waals surface area contributed by atoms with Crippen molar-refractivity contribution < 1.29 is 19.0 Å². The molecule has 0 aliphatic carbocycles. The van der Waals surface area contributed by atoms with Gasteiger partial charge in [-0.25, -0.2) is 4.68 Å². The number of carbonyl (C=O) groups excluding carboxylic acids is 1. The van der Waals surface area contributed by atoms with Crippen molar-refractivity contribution in [2.45, 2.75) is 13.5 Å². The Labute approximate surface area is 177 Å². The Hall–Kier alpha value is -4.01. The SMILES string of the molecule is COc1cc(NC(=O)Cn2ncc3c([nH]c4ccc(C)cc43)c2=O)cc(OC)c1OC. The number of methoxy groups -OCH3 is 3. The molecule has 2 aromatic heterocycles. The minimum absolute atomic E-state index is 0.250. The third-order valence-corrected chi connectivity index (χ3v) is 5.01. The van der Waals surface area contributed by atoms with Crippen molar-refractivity contribution >= 4 is 33.4 Å². The van der Waals surface area contributed by atoms with Crippen LogP contribution in [0.5, 0.6) is 17.2 Å². The van der Waals surface area contributed by atoms with Gasteiger partial charge in [-0.15, -0.1) is 0 Å². The Kier molecular flexibility index (Phi) is 5.24. The van der Waals surface area contributed by atoms with Gasteiger partial charge in [0.2, 0.25) is 11.7 Å². The predicted octanol–water partition coefficient (Wildman–Crippen LogP) is 2.85. The van der Waals surface area contributed by atoms with Crippen LogP contribution in [-0.2, 0) is 11.3 Å². The van der Waals surface area contributed by atoms with Crippen LogP contribution in [0, 0.1) is 6.92 Å². The van der Waals surface area contributed by atoms with Crippen molar-refractivity contribution in [1.29, 1.82) is 0 Å². The van der Waals surface area contributed by atoms with Crippen LogP contribution in [0.1, 0.15) is 5.56 Å². The highest BCUT2D eigenvalue weighted by Gasteiger charge is 2.16. The number of carbonyl (C=O) groups is 1. The fraction of sp³-hybridized carbons (Fsp3) is 0.227. The predicted molar refractivity (Wildman–Crippen MR) is 117 cm³/mol. The zero-order valence-corrected chi connectivity index (χ0v) is 17.6. The summed E-state index contributed by atoms with van der Waals surface area (Å²) in [6.07, 6.45) is 1.60. The number of hydrogen-bond donors (Lipinski definition) is 2. The average molecular weight is 422 g/mol. The molecule has 9 nitrogen and oxygen atoms in total. The number of amides is 1. The van der Waals surface area contributed by atoms with Gasteiger partial charge in [0.15, 0.2) is 11.5 Å². The van der Waals surface area contributed by atoms with Gasteiger partial charge in [0.1, 0.15) is 12.1 Å². The second-order valence-electron chi connectivity index (χ2n) is 7.03. The van der Waals surface area contributed by atoms with Crippen molar-refractivity contribution in [2.75, 3.05) is 26.6 Å². The molecule has 2 heterocycles. The zero-order valence-electron chi connectivity index (χ0n) is 17.6. The molecule has 0 unspecified atom stereocenters. The Bertz CT molecular complexity index is 1330. The lowest BCUT2D eigenvalue weighted by Gasteiger charge is -2.14. The van der Waals surface area contributed by atoms with Gasteiger partial charge >= 0.3 is 0 Å². The molecule has 4 rings (SSSR count). The summed E-state index contributed by atoms with van der Waals surface area (Å²) in [4.78, 5) is 28.6. The zero-order chi connectivity index (χ0) is 22.1. The van der Waals surface area contributed by atoms with E-state index in [1.807, 2.05) is 25.1 Å². The molecule has 0 saturated carbocycles. The van der Waals surface area contributed by atoms with Gasteiger partial charge in [-0.3, -0.25) is 9.59 Å². The molecule has 160 valence electrons. The highest BCUT2D eigenvalue weighted by molar-refractivity contribution is 6.06. The maximum Gasteiger partial charge on any atom is 0.291 e. The highest BCUT2D eigenvalue weighted by atomic mass is 16.5. The number of benzene rings is 2. The Morgan fingerprint density at radius 1 is 1.06 bits per heavy atom. The maximum absolute atomic E-state index is 12.9. The molecule has 4 aromatic rings. The van der Waals surface area contributed by atoms with E-state index in [9.17, 15) is 9.59 Å². The highest BCUT2D eigenvalue weighted by Crippen LogP contribution is 2.39. The summed E-state index contributed by atoms with van der Waals surface area (Å²) in [7, 11) is 4.48. The van der Waals surface area contributed by atoms with Crippen molar-refractivity contribution in [2.24, 2.45) is 0 Å². The topological polar surface area (TPSA) is 107 Å². The third kappa shape index (κ3) is 3.65. The largest absolute Gasteiger partial charge is 0.493 e. The van der Waals surface area contributed by atoms with Crippen LogP contribution in [0.4, 0.5) is 5.69 Å². The number of anilines is 1. The molecule has 0 radical (unpaired) electrons. The molecular formula is C22H22N4O5. The van der Waals surface area contributed by atoms with Gasteiger partial charge in [0.05, 0.1) is 27.5 Å². The standard InChI is InChI=1S/C22H22N4O5/c1-12-5-6-16-14(7-12)15-10-23-26(22(28)20(15)25-16)11-19(27)24-13-8-17(29-2)21(31-4)18(9-13)30-3/h5-10,25H,11H2,1-4H3,(H,24,27). The van der Waals surface area contributed by atoms with E-state index in [1.54, 1.807) is 18.3 Å². The first-order valence-electron chi connectivity index (χ1n) is 9.53. The second-order valence-corrected chi connectivity index (χ2v) is 7.03. The summed E-state index contributed by atoms with van der Waals surface area (Å²) in [5.41, 5.74) is 2.42. The monoisotopic (exact) mass is 422 g/mol. The number of nitrogens with one attached hydrogen (secondary N) is 2. The number of rotatable bonds is 6.